The summed E-state index contributed by atoms with van der Waals surface area (Å²) in [6.45, 7) is 0. The van der Waals surface area contributed by atoms with Gasteiger partial charge < -0.3 is 21.3 Å². The third-order valence-corrected chi connectivity index (χ3v) is 5.46. The van der Waals surface area contributed by atoms with Crippen molar-refractivity contribution in [1.29, 1.82) is 0 Å². The largest absolute Gasteiger partial charge is 0.496 e. The summed E-state index contributed by atoms with van der Waals surface area (Å²) in [5.74, 6) is -0.335. The Morgan fingerprint density at radius 1 is 1.32 bits per heavy atom. The Balaban J connectivity index is 2.16. The van der Waals surface area contributed by atoms with E-state index in [1.165, 1.54) is 7.11 Å². The summed E-state index contributed by atoms with van der Waals surface area (Å²) in [6.07, 6.45) is 4.79. The molecule has 0 atom stereocenters. The lowest BCUT2D eigenvalue weighted by molar-refractivity contribution is 0.0693. The molecule has 0 amide bonds. The Labute approximate surface area is 159 Å². The van der Waals surface area contributed by atoms with Crippen LogP contribution in [0.25, 0.3) is 0 Å². The predicted octanol–water partition coefficient (Wildman–Crippen LogP) is 2.11. The van der Waals surface area contributed by atoms with Gasteiger partial charge in [-0.2, -0.15) is 4.99 Å². The van der Waals surface area contributed by atoms with Crippen LogP contribution in [0.1, 0.15) is 42.5 Å². The van der Waals surface area contributed by atoms with Gasteiger partial charge in [-0.05, 0) is 54.3 Å². The van der Waals surface area contributed by atoms with Gasteiger partial charge in [-0.25, -0.2) is 9.79 Å². The molecule has 0 unspecified atom stereocenters. The third kappa shape index (κ3) is 3.12. The second-order valence-electron chi connectivity index (χ2n) is 6.13. The summed E-state index contributed by atoms with van der Waals surface area (Å²) in [5.41, 5.74) is 12.3. The van der Waals surface area contributed by atoms with Gasteiger partial charge in [-0.1, -0.05) is 6.42 Å². The fraction of sp³-hybridized carbons (Fsp3) is 0.438. The molecule has 25 heavy (non-hydrogen) atoms. The zero-order chi connectivity index (χ0) is 18.2. The summed E-state index contributed by atoms with van der Waals surface area (Å²) < 4.78 is 6.00. The van der Waals surface area contributed by atoms with Crippen LogP contribution in [0.5, 0.6) is 5.75 Å². The van der Waals surface area contributed by atoms with Crippen molar-refractivity contribution in [3.05, 3.63) is 21.3 Å². The van der Waals surface area contributed by atoms with Gasteiger partial charge in [0.2, 0.25) is 11.9 Å². The predicted molar refractivity (Wildman–Crippen MR) is 104 cm³/mol. The number of methoxy groups -OCH3 is 1. The van der Waals surface area contributed by atoms with Crippen LogP contribution >= 0.6 is 22.6 Å². The highest BCUT2D eigenvalue weighted by Gasteiger charge is 2.43. The molecular weight excluding hydrogens is 437 g/mol. The fourth-order valence-electron chi connectivity index (χ4n) is 3.52. The minimum absolute atomic E-state index is 0.101. The van der Waals surface area contributed by atoms with Crippen LogP contribution in [0.4, 0.5) is 5.69 Å². The van der Waals surface area contributed by atoms with Crippen molar-refractivity contribution >= 4 is 46.2 Å². The van der Waals surface area contributed by atoms with Crippen molar-refractivity contribution in [2.24, 2.45) is 21.5 Å². The maximum atomic E-state index is 11.4. The van der Waals surface area contributed by atoms with E-state index < -0.39 is 11.6 Å². The van der Waals surface area contributed by atoms with Crippen molar-refractivity contribution < 1.29 is 14.6 Å². The first-order valence-electron chi connectivity index (χ1n) is 7.98. The number of anilines is 1. The lowest BCUT2D eigenvalue weighted by Gasteiger charge is -2.46. The molecule has 5 N–H and O–H groups in total. The van der Waals surface area contributed by atoms with Gasteiger partial charge in [0.05, 0.1) is 12.8 Å². The molecule has 1 aliphatic carbocycles. The van der Waals surface area contributed by atoms with E-state index in [-0.39, 0.29) is 23.2 Å². The number of carboxylic acid groups (broad SMARTS) is 1. The number of guanidine groups is 2. The minimum atomic E-state index is -1.05. The number of carboxylic acids is 1. The molecule has 1 aromatic rings. The average molecular weight is 457 g/mol. The van der Waals surface area contributed by atoms with Crippen LogP contribution in [0, 0.1) is 3.57 Å². The van der Waals surface area contributed by atoms with Gasteiger partial charge in [-0.3, -0.25) is 4.90 Å². The minimum Gasteiger partial charge on any atom is -0.496 e. The maximum absolute atomic E-state index is 11.4. The molecule has 0 aromatic heterocycles. The van der Waals surface area contributed by atoms with Gasteiger partial charge in [0.25, 0.3) is 0 Å². The van der Waals surface area contributed by atoms with E-state index in [4.69, 9.17) is 16.2 Å². The number of halogens is 1. The standard InChI is InChI=1S/C16H20IN5O3/c1-25-12-8-11(10(17)7-9(12)13(23)24)22-15(19)20-14(18)21-16(22)5-3-2-4-6-16/h7-8H,2-6H2,1H3,(H,23,24)(H4,18,19,20,21). The number of rotatable bonds is 3. The van der Waals surface area contributed by atoms with Crippen LogP contribution in [0.2, 0.25) is 0 Å². The Bertz CT molecular complexity index is 771. The molecule has 0 radical (unpaired) electrons. The molecule has 8 nitrogen and oxygen atoms in total. The second-order valence-corrected chi connectivity index (χ2v) is 7.29. The van der Waals surface area contributed by atoms with Crippen molar-refractivity contribution in [2.75, 3.05) is 12.0 Å². The van der Waals surface area contributed by atoms with Crippen LogP contribution < -0.4 is 21.1 Å². The van der Waals surface area contributed by atoms with E-state index in [9.17, 15) is 9.90 Å². The van der Waals surface area contributed by atoms with Crippen LogP contribution in [0.15, 0.2) is 22.1 Å². The Hall–Kier alpha value is -2.04. The average Bonchev–Trinajstić information content (AvgIpc) is 2.55. The lowest BCUT2D eigenvalue weighted by atomic mass is 9.87. The molecule has 1 saturated carbocycles. The molecule has 9 heteroatoms. The summed E-state index contributed by atoms with van der Waals surface area (Å²) in [4.78, 5) is 22.1. The molecule has 1 aromatic carbocycles. The fourth-order valence-corrected chi connectivity index (χ4v) is 4.23. The molecule has 3 rings (SSSR count). The first kappa shape index (κ1) is 17.8. The number of hydrogen-bond acceptors (Lipinski definition) is 7. The van der Waals surface area contributed by atoms with Crippen LogP contribution in [-0.4, -0.2) is 35.8 Å². The molecule has 1 fully saturated rings. The summed E-state index contributed by atoms with van der Waals surface area (Å²) in [6, 6.07) is 3.25. The molecule has 1 spiro atoms. The number of carbonyl (C=O) groups is 1. The second kappa shape index (κ2) is 6.70. The molecular formula is C16H20IN5O3. The highest BCUT2D eigenvalue weighted by Crippen LogP contribution is 2.42. The Morgan fingerprint density at radius 3 is 2.60 bits per heavy atom. The van der Waals surface area contributed by atoms with E-state index in [0.29, 0.717) is 0 Å². The SMILES string of the molecule is COc1cc(N2C(N)=NC(N)=NC23CCCCC3)c(I)cc1C(=O)O. The first-order chi connectivity index (χ1) is 11.9. The summed E-state index contributed by atoms with van der Waals surface area (Å²) in [7, 11) is 1.44. The number of nitrogens with zero attached hydrogens (tertiary/aromatic N) is 3. The van der Waals surface area contributed by atoms with E-state index in [0.717, 1.165) is 41.4 Å². The van der Waals surface area contributed by atoms with E-state index in [1.807, 2.05) is 4.90 Å². The van der Waals surface area contributed by atoms with Crippen LogP contribution in [-0.2, 0) is 0 Å². The van der Waals surface area contributed by atoms with E-state index in [2.05, 4.69) is 32.6 Å². The number of aliphatic imine (C=N–C) groups is 2. The van der Waals surface area contributed by atoms with E-state index >= 15 is 0 Å². The normalized spacial score (nSPS) is 19.4. The molecule has 1 aliphatic heterocycles. The monoisotopic (exact) mass is 457 g/mol. The number of nitrogens with two attached hydrogens (primary N) is 2. The van der Waals surface area contributed by atoms with Crippen molar-refractivity contribution in [3.8, 4) is 5.75 Å². The zero-order valence-corrected chi connectivity index (χ0v) is 16.0. The van der Waals surface area contributed by atoms with Gasteiger partial charge >= 0.3 is 5.97 Å². The van der Waals surface area contributed by atoms with Crippen molar-refractivity contribution in [3.63, 3.8) is 0 Å². The quantitative estimate of drug-likeness (QED) is 0.597. The molecule has 1 heterocycles. The van der Waals surface area contributed by atoms with E-state index in [1.54, 1.807) is 12.1 Å². The molecule has 0 saturated heterocycles. The molecule has 134 valence electrons. The topological polar surface area (TPSA) is 127 Å². The van der Waals surface area contributed by atoms with Gasteiger partial charge in [-0.15, -0.1) is 0 Å². The molecule has 0 bridgehead atoms. The lowest BCUT2D eigenvalue weighted by Crippen LogP contribution is -2.58. The smallest absolute Gasteiger partial charge is 0.339 e. The van der Waals surface area contributed by atoms with Gasteiger partial charge in [0.15, 0.2) is 0 Å². The number of ether oxygens (including phenoxy) is 1. The summed E-state index contributed by atoms with van der Waals surface area (Å²) >= 11 is 2.10. The Morgan fingerprint density at radius 2 is 2.00 bits per heavy atom. The Kier molecular flexibility index (Phi) is 4.76. The highest BCUT2D eigenvalue weighted by atomic mass is 127. The highest BCUT2D eigenvalue weighted by molar-refractivity contribution is 14.1. The van der Waals surface area contributed by atoms with Crippen LogP contribution in [0.3, 0.4) is 0 Å². The number of benzene rings is 1. The number of aromatic carboxylic acids is 1. The maximum Gasteiger partial charge on any atom is 0.339 e. The third-order valence-electron chi connectivity index (χ3n) is 4.59. The van der Waals surface area contributed by atoms with Gasteiger partial charge in [0.1, 0.15) is 17.0 Å². The van der Waals surface area contributed by atoms with Gasteiger partial charge in [0, 0.05) is 9.64 Å². The summed E-state index contributed by atoms with van der Waals surface area (Å²) in [5, 5.41) is 9.37. The van der Waals surface area contributed by atoms with Crippen molar-refractivity contribution in [2.45, 2.75) is 37.8 Å². The first-order valence-corrected chi connectivity index (χ1v) is 9.06. The number of hydrogen-bond donors (Lipinski definition) is 3. The molecule has 2 aliphatic rings. The zero-order valence-electron chi connectivity index (χ0n) is 13.8. The van der Waals surface area contributed by atoms with Crippen molar-refractivity contribution in [1.82, 2.24) is 0 Å².